The van der Waals surface area contributed by atoms with Gasteiger partial charge in [-0.3, -0.25) is 4.79 Å². The summed E-state index contributed by atoms with van der Waals surface area (Å²) in [4.78, 5) is 22.1. The van der Waals surface area contributed by atoms with E-state index in [-0.39, 0.29) is 22.1 Å². The van der Waals surface area contributed by atoms with Gasteiger partial charge in [-0.05, 0) is 35.9 Å². The molecule has 0 aliphatic heterocycles. The van der Waals surface area contributed by atoms with E-state index in [1.807, 2.05) is 0 Å². The van der Waals surface area contributed by atoms with Crippen molar-refractivity contribution in [1.82, 2.24) is 0 Å². The van der Waals surface area contributed by atoms with E-state index in [9.17, 15) is 22.9 Å². The van der Waals surface area contributed by atoms with Crippen LogP contribution in [0.4, 0.5) is 13.2 Å². The largest absolute Gasteiger partial charge is 0.456 e. The number of halogens is 5. The number of benzene rings is 2. The molecule has 0 aliphatic carbocycles. The third kappa shape index (κ3) is 5.58. The fourth-order valence-electron chi connectivity index (χ4n) is 2.13. The molecule has 0 spiro atoms. The maximum atomic E-state index is 12.7. The maximum Gasteiger partial charge on any atom is 0.416 e. The molecule has 2 aromatic rings. The van der Waals surface area contributed by atoms with Gasteiger partial charge in [0.25, 0.3) is 0 Å². The molecule has 10 heteroatoms. The van der Waals surface area contributed by atoms with E-state index in [0.29, 0.717) is 0 Å². The van der Waals surface area contributed by atoms with Crippen LogP contribution in [0.2, 0.25) is 5.02 Å². The van der Waals surface area contributed by atoms with Crippen molar-refractivity contribution in [2.24, 2.45) is 5.18 Å². The van der Waals surface area contributed by atoms with E-state index in [2.05, 4.69) is 5.18 Å². The molecule has 0 saturated carbocycles. The molecular formula is C17H12Cl2F3NO4. The lowest BCUT2D eigenvalue weighted by atomic mass is 10.1. The van der Waals surface area contributed by atoms with Crippen molar-refractivity contribution < 1.29 is 27.4 Å². The SMILES string of the molecule is CC(=O)OC(Cl)C(N=O)c1cccc(Oc2ccc(C(F)(F)F)cc2Cl)c1. The standard InChI is InChI=1S/C17H12Cl2F3NO4/c1-9(24)26-16(19)15(23-25)10-3-2-4-12(7-10)27-14-6-5-11(8-13(14)18)17(20,21)22/h2-8,15-16H,1H3. The molecule has 5 nitrogen and oxygen atoms in total. The first kappa shape index (κ1) is 21.0. The molecule has 2 unspecified atom stereocenters. The van der Waals surface area contributed by atoms with Gasteiger partial charge in [-0.2, -0.15) is 13.2 Å². The molecule has 0 fully saturated rings. The quantitative estimate of drug-likeness (QED) is 0.321. The first-order valence-corrected chi connectivity index (χ1v) is 8.21. The summed E-state index contributed by atoms with van der Waals surface area (Å²) in [5.41, 5.74) is -1.96. The molecule has 0 saturated heterocycles. The molecule has 27 heavy (non-hydrogen) atoms. The minimum Gasteiger partial charge on any atom is -0.456 e. The third-order valence-corrected chi connectivity index (χ3v) is 3.95. The monoisotopic (exact) mass is 421 g/mol. The Bertz CT molecular complexity index is 845. The van der Waals surface area contributed by atoms with Gasteiger partial charge < -0.3 is 9.47 Å². The number of nitroso groups, excluding NO2 is 1. The summed E-state index contributed by atoms with van der Waals surface area (Å²) in [5, 5.41) is 2.61. The van der Waals surface area contributed by atoms with Gasteiger partial charge in [-0.15, -0.1) is 4.91 Å². The van der Waals surface area contributed by atoms with Crippen molar-refractivity contribution in [3.63, 3.8) is 0 Å². The normalized spacial score (nSPS) is 13.6. The average molecular weight is 422 g/mol. The van der Waals surface area contributed by atoms with Crippen molar-refractivity contribution in [1.29, 1.82) is 0 Å². The Morgan fingerprint density at radius 2 is 1.89 bits per heavy atom. The van der Waals surface area contributed by atoms with Gasteiger partial charge in [-0.25, -0.2) is 0 Å². The maximum absolute atomic E-state index is 12.7. The summed E-state index contributed by atoms with van der Waals surface area (Å²) in [6, 6.07) is 7.35. The van der Waals surface area contributed by atoms with Crippen LogP contribution in [0.1, 0.15) is 24.1 Å². The van der Waals surface area contributed by atoms with Crippen LogP contribution in [0.5, 0.6) is 11.5 Å². The Hall–Kier alpha value is -2.32. The first-order chi connectivity index (χ1) is 12.6. The zero-order valence-electron chi connectivity index (χ0n) is 13.7. The third-order valence-electron chi connectivity index (χ3n) is 3.33. The minimum atomic E-state index is -4.53. The molecule has 2 aromatic carbocycles. The van der Waals surface area contributed by atoms with E-state index in [4.69, 9.17) is 32.7 Å². The van der Waals surface area contributed by atoms with Crippen LogP contribution in [0.15, 0.2) is 47.6 Å². The van der Waals surface area contributed by atoms with Gasteiger partial charge in [0.2, 0.25) is 5.56 Å². The van der Waals surface area contributed by atoms with Crippen LogP contribution in [-0.2, 0) is 15.7 Å². The molecule has 0 bridgehead atoms. The Labute approximate surface area is 161 Å². The van der Waals surface area contributed by atoms with Crippen LogP contribution in [0.3, 0.4) is 0 Å². The summed E-state index contributed by atoms with van der Waals surface area (Å²) in [5.74, 6) is -0.526. The van der Waals surface area contributed by atoms with Crippen molar-refractivity contribution >= 4 is 29.2 Å². The Balaban J connectivity index is 2.25. The summed E-state index contributed by atoms with van der Waals surface area (Å²) in [6.45, 7) is 1.13. The van der Waals surface area contributed by atoms with Gasteiger partial charge >= 0.3 is 12.1 Å². The highest BCUT2D eigenvalue weighted by Crippen LogP contribution is 2.37. The number of ether oxygens (including phenoxy) is 2. The number of hydrogen-bond donors (Lipinski definition) is 0. The van der Waals surface area contributed by atoms with Gasteiger partial charge in [-0.1, -0.05) is 40.5 Å². The Morgan fingerprint density at radius 1 is 1.19 bits per heavy atom. The minimum absolute atomic E-state index is 0.0140. The van der Waals surface area contributed by atoms with Gasteiger partial charge in [0.15, 0.2) is 6.04 Å². The second kappa shape index (κ2) is 8.58. The molecule has 0 N–H and O–H groups in total. The second-order valence-corrected chi connectivity index (χ2v) is 6.17. The smallest absolute Gasteiger partial charge is 0.416 e. The lowest BCUT2D eigenvalue weighted by molar-refractivity contribution is -0.143. The van der Waals surface area contributed by atoms with Crippen molar-refractivity contribution in [2.75, 3.05) is 0 Å². The highest BCUT2D eigenvalue weighted by atomic mass is 35.5. The Morgan fingerprint density at radius 3 is 2.44 bits per heavy atom. The van der Waals surface area contributed by atoms with E-state index in [0.717, 1.165) is 25.1 Å². The van der Waals surface area contributed by atoms with Crippen LogP contribution >= 0.6 is 23.2 Å². The van der Waals surface area contributed by atoms with Crippen LogP contribution in [0.25, 0.3) is 0 Å². The van der Waals surface area contributed by atoms with Crippen molar-refractivity contribution in [3.05, 3.63) is 63.5 Å². The summed E-state index contributed by atoms with van der Waals surface area (Å²) in [6.07, 6.45) is -4.53. The van der Waals surface area contributed by atoms with E-state index < -0.39 is 29.3 Å². The number of esters is 1. The predicted octanol–water partition coefficient (Wildman–Crippen LogP) is 6.09. The fourth-order valence-corrected chi connectivity index (χ4v) is 2.67. The number of carbonyl (C=O) groups is 1. The number of rotatable bonds is 6. The highest BCUT2D eigenvalue weighted by molar-refractivity contribution is 6.32. The summed E-state index contributed by atoms with van der Waals surface area (Å²) < 4.78 is 48.3. The van der Waals surface area contributed by atoms with Crippen molar-refractivity contribution in [2.45, 2.75) is 24.7 Å². The zero-order chi connectivity index (χ0) is 20.2. The lowest BCUT2D eigenvalue weighted by Gasteiger charge is -2.17. The number of nitrogens with zero attached hydrogens (tertiary/aromatic N) is 1. The van der Waals surface area contributed by atoms with Crippen LogP contribution in [0, 0.1) is 4.91 Å². The lowest BCUT2D eigenvalue weighted by Crippen LogP contribution is -2.17. The first-order valence-electron chi connectivity index (χ1n) is 7.40. The van der Waals surface area contributed by atoms with Gasteiger partial charge in [0.1, 0.15) is 11.5 Å². The van der Waals surface area contributed by atoms with Gasteiger partial charge in [0.05, 0.1) is 10.6 Å². The molecule has 0 aromatic heterocycles. The van der Waals surface area contributed by atoms with E-state index >= 15 is 0 Å². The second-order valence-electron chi connectivity index (χ2n) is 5.33. The highest BCUT2D eigenvalue weighted by Gasteiger charge is 2.31. The number of hydrogen-bond acceptors (Lipinski definition) is 5. The molecular weight excluding hydrogens is 410 g/mol. The number of carbonyl (C=O) groups excluding carboxylic acids is 1. The zero-order valence-corrected chi connectivity index (χ0v) is 15.2. The van der Waals surface area contributed by atoms with E-state index in [1.54, 1.807) is 0 Å². The summed E-state index contributed by atoms with van der Waals surface area (Å²) in [7, 11) is 0. The molecule has 0 aliphatic rings. The van der Waals surface area contributed by atoms with Crippen LogP contribution < -0.4 is 4.74 Å². The summed E-state index contributed by atoms with van der Waals surface area (Å²) >= 11 is 11.7. The van der Waals surface area contributed by atoms with E-state index in [1.165, 1.54) is 24.3 Å². The predicted molar refractivity (Wildman–Crippen MR) is 92.9 cm³/mol. The molecule has 2 atom stereocenters. The van der Waals surface area contributed by atoms with Crippen LogP contribution in [-0.4, -0.2) is 11.5 Å². The fraction of sp³-hybridized carbons (Fsp3) is 0.235. The average Bonchev–Trinajstić information content (AvgIpc) is 2.56. The Kier molecular flexibility index (Phi) is 6.67. The number of alkyl halides is 4. The van der Waals surface area contributed by atoms with Gasteiger partial charge in [0, 0.05) is 6.92 Å². The molecule has 0 radical (unpaired) electrons. The molecule has 144 valence electrons. The molecule has 0 heterocycles. The molecule has 2 rings (SSSR count). The van der Waals surface area contributed by atoms with Crippen molar-refractivity contribution in [3.8, 4) is 11.5 Å². The topological polar surface area (TPSA) is 65.0 Å². The molecule has 0 amide bonds.